The van der Waals surface area contributed by atoms with Gasteiger partial charge in [-0.25, -0.2) is 9.97 Å². The van der Waals surface area contributed by atoms with E-state index in [0.717, 1.165) is 80.1 Å². The largest absolute Gasteiger partial charge is 0.481 e. The molecule has 5 rings (SSSR count). The van der Waals surface area contributed by atoms with E-state index in [1.54, 1.807) is 12.5 Å². The van der Waals surface area contributed by atoms with Crippen molar-refractivity contribution in [1.29, 1.82) is 0 Å². The third-order valence-electron chi connectivity index (χ3n) is 6.58. The molecule has 3 aromatic rings. The third-order valence-corrected chi connectivity index (χ3v) is 6.58. The van der Waals surface area contributed by atoms with Crippen molar-refractivity contribution >= 4 is 22.9 Å². The van der Waals surface area contributed by atoms with Crippen LogP contribution in [0, 0.1) is 0 Å². The molecular formula is C27H35N5O3. The van der Waals surface area contributed by atoms with Crippen LogP contribution < -0.4 is 5.32 Å². The smallest absolute Gasteiger partial charge is 0.305 e. The lowest BCUT2D eigenvalue weighted by atomic mass is 10.0. The summed E-state index contributed by atoms with van der Waals surface area (Å²) in [7, 11) is 0. The Morgan fingerprint density at radius 1 is 1.29 bits per heavy atom. The van der Waals surface area contributed by atoms with Crippen molar-refractivity contribution in [2.75, 3.05) is 31.5 Å². The van der Waals surface area contributed by atoms with E-state index in [1.807, 2.05) is 26.0 Å². The Hall–Kier alpha value is -3.55. The molecule has 2 N–H and O–H groups in total. The van der Waals surface area contributed by atoms with Gasteiger partial charge in [0.25, 0.3) is 0 Å². The highest BCUT2D eigenvalue weighted by Crippen LogP contribution is 2.33. The van der Waals surface area contributed by atoms with Crippen LogP contribution in [0.4, 0.5) is 5.82 Å². The summed E-state index contributed by atoms with van der Waals surface area (Å²) in [4.78, 5) is 25.1. The lowest BCUT2D eigenvalue weighted by Crippen LogP contribution is -2.29. The number of rotatable bonds is 8. The van der Waals surface area contributed by atoms with Gasteiger partial charge in [0.1, 0.15) is 5.82 Å². The fraction of sp³-hybridized carbons (Fsp3) is 0.444. The van der Waals surface area contributed by atoms with Crippen molar-refractivity contribution in [2.24, 2.45) is 0 Å². The fourth-order valence-electron chi connectivity index (χ4n) is 4.84. The summed E-state index contributed by atoms with van der Waals surface area (Å²) in [6.07, 6.45) is 7.42. The quantitative estimate of drug-likeness (QED) is 0.476. The highest BCUT2D eigenvalue weighted by Gasteiger charge is 2.31. The molecule has 5 heterocycles. The van der Waals surface area contributed by atoms with E-state index in [1.165, 1.54) is 5.56 Å². The van der Waals surface area contributed by atoms with E-state index < -0.39 is 5.97 Å². The second kappa shape index (κ2) is 11.3. The molecule has 3 aromatic heterocycles. The predicted octanol–water partition coefficient (Wildman–Crippen LogP) is 4.84. The van der Waals surface area contributed by atoms with Crippen LogP contribution in [0.15, 0.2) is 53.5 Å². The lowest BCUT2D eigenvalue weighted by molar-refractivity contribution is -0.138. The molecule has 2 aliphatic rings. The average molecular weight is 478 g/mol. The number of hydrogen-bond donors (Lipinski definition) is 2. The zero-order valence-electron chi connectivity index (χ0n) is 20.7. The summed E-state index contributed by atoms with van der Waals surface area (Å²) in [5.41, 5.74) is 3.83. The lowest BCUT2D eigenvalue weighted by Gasteiger charge is -2.31. The summed E-state index contributed by atoms with van der Waals surface area (Å²) in [6.45, 7) is 11.7. The molecule has 1 unspecified atom stereocenters. The van der Waals surface area contributed by atoms with Crippen LogP contribution in [0.5, 0.6) is 0 Å². The van der Waals surface area contributed by atoms with Gasteiger partial charge < -0.3 is 24.6 Å². The van der Waals surface area contributed by atoms with Gasteiger partial charge in [-0.1, -0.05) is 26.5 Å². The number of nitrogens with zero attached hydrogens (tertiary/aromatic N) is 4. The minimum absolute atomic E-state index is 0.00998. The molecule has 0 aromatic carbocycles. The molecule has 35 heavy (non-hydrogen) atoms. The number of pyridine rings is 2. The molecule has 0 aliphatic carbocycles. The Kier molecular flexibility index (Phi) is 7.90. The second-order valence-corrected chi connectivity index (χ2v) is 8.74. The first-order valence-electron chi connectivity index (χ1n) is 12.6. The summed E-state index contributed by atoms with van der Waals surface area (Å²) in [5, 5.41) is 13.8. The number of carbonyl (C=O) groups is 1. The fourth-order valence-corrected chi connectivity index (χ4v) is 4.84. The summed E-state index contributed by atoms with van der Waals surface area (Å²) < 4.78 is 5.33. The van der Waals surface area contributed by atoms with E-state index in [9.17, 15) is 9.90 Å². The van der Waals surface area contributed by atoms with Crippen molar-refractivity contribution in [3.63, 3.8) is 0 Å². The first-order valence-corrected chi connectivity index (χ1v) is 12.6. The van der Waals surface area contributed by atoms with Crippen molar-refractivity contribution in [3.8, 4) is 0 Å². The minimum atomic E-state index is -0.842. The number of furan rings is 1. The molecule has 0 bridgehead atoms. The van der Waals surface area contributed by atoms with Crippen LogP contribution in [-0.4, -0.2) is 57.0 Å². The Balaban J connectivity index is 0.00000141. The molecule has 0 spiro atoms. The van der Waals surface area contributed by atoms with Crippen LogP contribution in [0.25, 0.3) is 11.1 Å². The maximum absolute atomic E-state index is 11.7. The molecule has 2 aliphatic heterocycles. The van der Waals surface area contributed by atoms with Gasteiger partial charge in [0.05, 0.1) is 24.5 Å². The van der Waals surface area contributed by atoms with Crippen molar-refractivity contribution in [1.82, 2.24) is 19.8 Å². The first kappa shape index (κ1) is 24.6. The monoisotopic (exact) mass is 477 g/mol. The molecule has 0 saturated carbocycles. The van der Waals surface area contributed by atoms with Crippen molar-refractivity contribution in [2.45, 2.75) is 52.0 Å². The SMILES string of the molecule is C=C1N(CCCc2ccc3c(n2)NCCC3)CCN1C(CC(=O)O)c1cnc2occc2c1.CC. The normalized spacial score (nSPS) is 15.9. The molecule has 0 amide bonds. The number of aromatic nitrogens is 2. The van der Waals surface area contributed by atoms with E-state index in [0.29, 0.717) is 5.71 Å². The zero-order chi connectivity index (χ0) is 24.8. The Morgan fingerprint density at radius 2 is 2.14 bits per heavy atom. The molecule has 1 atom stereocenters. The molecular weight excluding hydrogens is 442 g/mol. The van der Waals surface area contributed by atoms with Crippen LogP contribution in [0.3, 0.4) is 0 Å². The average Bonchev–Trinajstić information content (AvgIpc) is 3.50. The minimum Gasteiger partial charge on any atom is -0.481 e. The van der Waals surface area contributed by atoms with Gasteiger partial charge in [0.2, 0.25) is 5.71 Å². The van der Waals surface area contributed by atoms with E-state index in [2.05, 4.69) is 38.8 Å². The Bertz CT molecular complexity index is 1170. The first-order chi connectivity index (χ1) is 17.1. The molecule has 1 saturated heterocycles. The Labute approximate surface area is 206 Å². The van der Waals surface area contributed by atoms with Crippen LogP contribution in [-0.2, 0) is 17.6 Å². The standard InChI is InChI=1S/C25H29N5O3.C2H6/c1-17-29(10-3-5-21-7-6-18-4-2-9-26-24(18)28-21)11-12-30(17)22(15-23(31)32)20-14-19-8-13-33-25(19)27-16-20;1-2/h6-8,13-14,16,22H,1-5,9-12,15H2,(H,26,28)(H,31,32);1-2H3. The molecule has 1 fully saturated rings. The van der Waals surface area contributed by atoms with Gasteiger partial charge >= 0.3 is 5.97 Å². The van der Waals surface area contributed by atoms with Crippen molar-refractivity contribution in [3.05, 3.63) is 65.9 Å². The van der Waals surface area contributed by atoms with E-state index >= 15 is 0 Å². The molecule has 8 nitrogen and oxygen atoms in total. The highest BCUT2D eigenvalue weighted by atomic mass is 16.4. The van der Waals surface area contributed by atoms with Gasteiger partial charge in [-0.05, 0) is 55.0 Å². The number of aliphatic carboxylic acids is 1. The zero-order valence-corrected chi connectivity index (χ0v) is 20.7. The second-order valence-electron chi connectivity index (χ2n) is 8.74. The molecule has 8 heteroatoms. The van der Waals surface area contributed by atoms with Gasteiger partial charge in [0.15, 0.2) is 0 Å². The Morgan fingerprint density at radius 3 is 2.97 bits per heavy atom. The van der Waals surface area contributed by atoms with Crippen LogP contribution in [0.2, 0.25) is 0 Å². The van der Waals surface area contributed by atoms with Gasteiger partial charge in [-0.2, -0.15) is 0 Å². The predicted molar refractivity (Wildman–Crippen MR) is 137 cm³/mol. The van der Waals surface area contributed by atoms with Gasteiger partial charge in [-0.15, -0.1) is 0 Å². The highest BCUT2D eigenvalue weighted by molar-refractivity contribution is 5.74. The third kappa shape index (κ3) is 5.58. The van der Waals surface area contributed by atoms with Crippen LogP contribution >= 0.6 is 0 Å². The van der Waals surface area contributed by atoms with Gasteiger partial charge in [-0.3, -0.25) is 4.79 Å². The number of aryl methyl sites for hydroxylation is 2. The molecule has 0 radical (unpaired) electrons. The number of anilines is 1. The van der Waals surface area contributed by atoms with Gasteiger partial charge in [0, 0.05) is 43.5 Å². The number of carboxylic acid groups (broad SMARTS) is 1. The summed E-state index contributed by atoms with van der Waals surface area (Å²) in [6, 6.07) is 7.82. The number of hydrogen-bond acceptors (Lipinski definition) is 7. The van der Waals surface area contributed by atoms with Crippen molar-refractivity contribution < 1.29 is 14.3 Å². The van der Waals surface area contributed by atoms with E-state index in [4.69, 9.17) is 9.40 Å². The van der Waals surface area contributed by atoms with E-state index in [-0.39, 0.29) is 12.5 Å². The maximum Gasteiger partial charge on any atom is 0.305 e. The summed E-state index contributed by atoms with van der Waals surface area (Å²) in [5.74, 6) is 1.06. The van der Waals surface area contributed by atoms with Crippen LogP contribution in [0.1, 0.15) is 56.0 Å². The topological polar surface area (TPSA) is 94.7 Å². The number of carboxylic acids is 1. The number of nitrogens with one attached hydrogen (secondary N) is 1. The maximum atomic E-state index is 11.7. The molecule has 186 valence electrons. The summed E-state index contributed by atoms with van der Waals surface area (Å²) >= 11 is 0. The number of fused-ring (bicyclic) bond motifs is 2.